The van der Waals surface area contributed by atoms with Gasteiger partial charge in [0, 0.05) is 8.95 Å². The Labute approximate surface area is 132 Å². The Balaban J connectivity index is 1.94. The third kappa shape index (κ3) is 2.49. The maximum atomic E-state index is 13.9. The van der Waals surface area contributed by atoms with Crippen LogP contribution in [0.2, 0.25) is 0 Å². The lowest BCUT2D eigenvalue weighted by atomic mass is 10.1. The Bertz CT molecular complexity index is 650. The van der Waals surface area contributed by atoms with E-state index in [1.165, 1.54) is 17.7 Å². The van der Waals surface area contributed by atoms with Gasteiger partial charge >= 0.3 is 0 Å². The van der Waals surface area contributed by atoms with Crippen molar-refractivity contribution < 1.29 is 8.78 Å². The largest absolute Gasteiger partial charge is 0.373 e. The highest BCUT2D eigenvalue weighted by atomic mass is 79.9. The molecule has 1 aliphatic rings. The van der Waals surface area contributed by atoms with Crippen LogP contribution in [0.25, 0.3) is 0 Å². The van der Waals surface area contributed by atoms with E-state index in [9.17, 15) is 8.78 Å². The number of halogens is 4. The van der Waals surface area contributed by atoms with Crippen molar-refractivity contribution >= 4 is 37.5 Å². The van der Waals surface area contributed by atoms with Crippen molar-refractivity contribution in [1.29, 1.82) is 0 Å². The smallest absolute Gasteiger partial charge is 0.150 e. The Kier molecular flexibility index (Phi) is 3.82. The minimum absolute atomic E-state index is 0.0623. The van der Waals surface area contributed by atoms with E-state index in [1.54, 1.807) is 0 Å². The molecule has 0 spiro atoms. The molecule has 20 heavy (non-hydrogen) atoms. The van der Waals surface area contributed by atoms with Gasteiger partial charge < -0.3 is 5.32 Å². The average molecular weight is 403 g/mol. The standard InChI is InChI=1S/C15H11Br2F2N/c16-8-6-12(18)15(13(19)7-8)20-14-5-4-9-10(14)2-1-3-11(9)17/h1-3,6-7,14,20H,4-5H2. The van der Waals surface area contributed by atoms with Crippen LogP contribution in [0.4, 0.5) is 14.5 Å². The molecular formula is C15H11Br2F2N. The molecular weight excluding hydrogens is 392 g/mol. The minimum Gasteiger partial charge on any atom is -0.373 e. The van der Waals surface area contributed by atoms with E-state index >= 15 is 0 Å². The molecule has 5 heteroatoms. The van der Waals surface area contributed by atoms with E-state index < -0.39 is 11.6 Å². The molecule has 1 atom stereocenters. The monoisotopic (exact) mass is 401 g/mol. The molecule has 1 aliphatic carbocycles. The first-order chi connectivity index (χ1) is 9.56. The summed E-state index contributed by atoms with van der Waals surface area (Å²) in [5, 5.41) is 3.00. The van der Waals surface area contributed by atoms with Crippen LogP contribution in [0, 0.1) is 11.6 Å². The fraction of sp³-hybridized carbons (Fsp3) is 0.200. The lowest BCUT2D eigenvalue weighted by molar-refractivity contribution is 0.580. The second-order valence-electron chi connectivity index (χ2n) is 4.79. The van der Waals surface area contributed by atoms with Crippen molar-refractivity contribution in [2.24, 2.45) is 0 Å². The molecule has 0 heterocycles. The Morgan fingerprint density at radius 3 is 2.50 bits per heavy atom. The van der Waals surface area contributed by atoms with Gasteiger partial charge in [-0.25, -0.2) is 8.78 Å². The molecule has 0 bridgehead atoms. The van der Waals surface area contributed by atoms with E-state index in [2.05, 4.69) is 37.2 Å². The first-order valence-electron chi connectivity index (χ1n) is 6.24. The molecule has 3 rings (SSSR count). The summed E-state index contributed by atoms with van der Waals surface area (Å²) in [4.78, 5) is 0. The molecule has 104 valence electrons. The molecule has 1 unspecified atom stereocenters. The van der Waals surface area contributed by atoms with Gasteiger partial charge in [0.05, 0.1) is 6.04 Å². The fourth-order valence-corrected chi connectivity index (χ4v) is 3.60. The quantitative estimate of drug-likeness (QED) is 0.690. The van der Waals surface area contributed by atoms with Crippen LogP contribution in [-0.4, -0.2) is 0 Å². The summed E-state index contributed by atoms with van der Waals surface area (Å²) in [6.07, 6.45) is 1.72. The number of hydrogen-bond acceptors (Lipinski definition) is 1. The Morgan fingerprint density at radius 2 is 1.80 bits per heavy atom. The highest BCUT2D eigenvalue weighted by molar-refractivity contribution is 9.10. The second kappa shape index (κ2) is 5.45. The second-order valence-corrected chi connectivity index (χ2v) is 6.56. The molecule has 0 radical (unpaired) electrons. The van der Waals surface area contributed by atoms with Crippen molar-refractivity contribution in [3.8, 4) is 0 Å². The molecule has 2 aromatic carbocycles. The van der Waals surface area contributed by atoms with Crippen LogP contribution in [0.15, 0.2) is 39.3 Å². The van der Waals surface area contributed by atoms with Crippen molar-refractivity contribution in [2.75, 3.05) is 5.32 Å². The number of anilines is 1. The van der Waals surface area contributed by atoms with Gasteiger partial charge in [-0.15, -0.1) is 0 Å². The SMILES string of the molecule is Fc1cc(Br)cc(F)c1NC1CCc2c(Br)cccc21. The molecule has 0 aromatic heterocycles. The van der Waals surface area contributed by atoms with E-state index in [0.29, 0.717) is 4.47 Å². The third-order valence-electron chi connectivity index (χ3n) is 3.54. The average Bonchev–Trinajstić information content (AvgIpc) is 2.78. The topological polar surface area (TPSA) is 12.0 Å². The molecule has 1 N–H and O–H groups in total. The maximum Gasteiger partial charge on any atom is 0.150 e. The summed E-state index contributed by atoms with van der Waals surface area (Å²) >= 11 is 6.60. The molecule has 0 aliphatic heterocycles. The van der Waals surface area contributed by atoms with Crippen molar-refractivity contribution in [3.05, 3.63) is 62.0 Å². The van der Waals surface area contributed by atoms with E-state index in [0.717, 1.165) is 22.9 Å². The summed E-state index contributed by atoms with van der Waals surface area (Å²) < 4.78 is 29.2. The van der Waals surface area contributed by atoms with E-state index in [-0.39, 0.29) is 11.7 Å². The van der Waals surface area contributed by atoms with Crippen LogP contribution in [0.1, 0.15) is 23.6 Å². The normalized spacial score (nSPS) is 17.1. The number of benzene rings is 2. The zero-order valence-corrected chi connectivity index (χ0v) is 13.6. The van der Waals surface area contributed by atoms with Crippen molar-refractivity contribution in [1.82, 2.24) is 0 Å². The van der Waals surface area contributed by atoms with Crippen molar-refractivity contribution in [2.45, 2.75) is 18.9 Å². The lowest BCUT2D eigenvalue weighted by Gasteiger charge is -2.17. The number of hydrogen-bond donors (Lipinski definition) is 1. The molecule has 2 aromatic rings. The Hall–Kier alpha value is -0.940. The third-order valence-corrected chi connectivity index (χ3v) is 4.74. The number of rotatable bonds is 2. The first-order valence-corrected chi connectivity index (χ1v) is 7.83. The lowest BCUT2D eigenvalue weighted by Crippen LogP contribution is -2.10. The maximum absolute atomic E-state index is 13.9. The van der Waals surface area contributed by atoms with Gasteiger partial charge in [-0.05, 0) is 42.2 Å². The molecule has 0 saturated carbocycles. The minimum atomic E-state index is -0.583. The van der Waals surface area contributed by atoms with Gasteiger partial charge in [-0.2, -0.15) is 0 Å². The summed E-state index contributed by atoms with van der Waals surface area (Å²) in [7, 11) is 0. The number of fused-ring (bicyclic) bond motifs is 1. The predicted molar refractivity (Wildman–Crippen MR) is 82.9 cm³/mol. The summed E-state index contributed by atoms with van der Waals surface area (Å²) in [5.74, 6) is -1.17. The van der Waals surface area contributed by atoms with Gasteiger partial charge in [0.15, 0.2) is 0 Å². The summed E-state index contributed by atoms with van der Waals surface area (Å²) in [6, 6.07) is 8.40. The molecule has 0 fully saturated rings. The molecule has 1 nitrogen and oxygen atoms in total. The zero-order valence-electron chi connectivity index (χ0n) is 10.4. The van der Waals surface area contributed by atoms with Gasteiger partial charge in [0.1, 0.15) is 17.3 Å². The highest BCUT2D eigenvalue weighted by Crippen LogP contribution is 2.38. The molecule has 0 amide bonds. The van der Waals surface area contributed by atoms with Gasteiger partial charge in [0.2, 0.25) is 0 Å². The van der Waals surface area contributed by atoms with Crippen LogP contribution in [0.3, 0.4) is 0 Å². The van der Waals surface area contributed by atoms with E-state index in [1.807, 2.05) is 18.2 Å². The zero-order chi connectivity index (χ0) is 14.3. The highest BCUT2D eigenvalue weighted by Gasteiger charge is 2.25. The van der Waals surface area contributed by atoms with Crippen LogP contribution >= 0.6 is 31.9 Å². The summed E-state index contributed by atoms with van der Waals surface area (Å²) in [5.41, 5.74) is 2.25. The fourth-order valence-electron chi connectivity index (χ4n) is 2.61. The Morgan fingerprint density at radius 1 is 1.10 bits per heavy atom. The first kappa shape index (κ1) is 14.0. The van der Waals surface area contributed by atoms with Gasteiger partial charge in [0.25, 0.3) is 0 Å². The van der Waals surface area contributed by atoms with Crippen LogP contribution in [-0.2, 0) is 6.42 Å². The molecule has 0 saturated heterocycles. The van der Waals surface area contributed by atoms with Crippen LogP contribution < -0.4 is 5.32 Å². The summed E-state index contributed by atoms with van der Waals surface area (Å²) in [6.45, 7) is 0. The van der Waals surface area contributed by atoms with E-state index in [4.69, 9.17) is 0 Å². The van der Waals surface area contributed by atoms with Crippen molar-refractivity contribution in [3.63, 3.8) is 0 Å². The van der Waals surface area contributed by atoms with Gasteiger partial charge in [-0.3, -0.25) is 0 Å². The number of nitrogens with one attached hydrogen (secondary N) is 1. The van der Waals surface area contributed by atoms with Gasteiger partial charge in [-0.1, -0.05) is 44.0 Å². The predicted octanol–water partition coefficient (Wildman–Crippen LogP) is 5.59. The van der Waals surface area contributed by atoms with Crippen LogP contribution in [0.5, 0.6) is 0 Å².